The zero-order valence-electron chi connectivity index (χ0n) is 10.1. The number of hydrogen-bond donors (Lipinski definition) is 1. The number of alkyl halides is 3. The largest absolute Gasteiger partial charge is 0.501 e. The lowest BCUT2D eigenvalue weighted by Gasteiger charge is -2.18. The van der Waals surface area contributed by atoms with Gasteiger partial charge in [0, 0.05) is 6.04 Å². The van der Waals surface area contributed by atoms with Gasteiger partial charge in [-0.25, -0.2) is 12.8 Å². The van der Waals surface area contributed by atoms with Crippen LogP contribution in [0, 0.1) is 5.82 Å². The molecule has 1 aromatic rings. The lowest BCUT2D eigenvalue weighted by atomic mass is 10.2. The van der Waals surface area contributed by atoms with Crippen molar-refractivity contribution in [1.29, 1.82) is 0 Å². The van der Waals surface area contributed by atoms with Crippen molar-refractivity contribution in [3.8, 4) is 0 Å². The van der Waals surface area contributed by atoms with E-state index in [2.05, 4.69) is 5.32 Å². The molecule has 2 rings (SSSR count). The van der Waals surface area contributed by atoms with Crippen LogP contribution >= 0.6 is 0 Å². The molecule has 0 spiro atoms. The van der Waals surface area contributed by atoms with E-state index in [4.69, 9.17) is 0 Å². The highest BCUT2D eigenvalue weighted by molar-refractivity contribution is 7.92. The maximum absolute atomic E-state index is 13.1. The van der Waals surface area contributed by atoms with Crippen molar-refractivity contribution in [2.75, 3.05) is 5.32 Å². The predicted octanol–water partition coefficient (Wildman–Crippen LogP) is 3.25. The summed E-state index contributed by atoms with van der Waals surface area (Å²) in [6, 6.07) is 2.11. The molecular formula is C12H11F4NO2S. The van der Waals surface area contributed by atoms with Crippen molar-refractivity contribution in [2.24, 2.45) is 0 Å². The van der Waals surface area contributed by atoms with E-state index in [-0.39, 0.29) is 11.7 Å². The van der Waals surface area contributed by atoms with Gasteiger partial charge in [0.05, 0.1) is 5.69 Å². The molecule has 0 saturated heterocycles. The first-order valence-electron chi connectivity index (χ1n) is 5.74. The van der Waals surface area contributed by atoms with Crippen LogP contribution in [0.25, 0.3) is 0 Å². The third-order valence-electron chi connectivity index (χ3n) is 2.91. The number of rotatable bonds is 3. The van der Waals surface area contributed by atoms with Crippen molar-refractivity contribution in [3.05, 3.63) is 36.2 Å². The minimum absolute atomic E-state index is 0.192. The minimum Gasteiger partial charge on any atom is -0.381 e. The van der Waals surface area contributed by atoms with Crippen LogP contribution in [0.3, 0.4) is 0 Å². The summed E-state index contributed by atoms with van der Waals surface area (Å²) in [6.07, 6.45) is 4.81. The van der Waals surface area contributed by atoms with Gasteiger partial charge in [0.25, 0.3) is 9.84 Å². The third kappa shape index (κ3) is 2.79. The number of sulfone groups is 1. The van der Waals surface area contributed by atoms with E-state index in [1.54, 1.807) is 0 Å². The normalized spacial score (nSPS) is 16.6. The Labute approximate surface area is 113 Å². The summed E-state index contributed by atoms with van der Waals surface area (Å²) in [7, 11) is -5.59. The first-order chi connectivity index (χ1) is 9.22. The quantitative estimate of drug-likeness (QED) is 0.688. The van der Waals surface area contributed by atoms with Gasteiger partial charge in [-0.15, -0.1) is 0 Å². The molecular weight excluding hydrogens is 298 g/mol. The Bertz CT molecular complexity index is 629. The van der Waals surface area contributed by atoms with Crippen molar-refractivity contribution in [3.63, 3.8) is 0 Å². The van der Waals surface area contributed by atoms with Crippen molar-refractivity contribution >= 4 is 15.5 Å². The minimum atomic E-state index is -5.59. The fraction of sp³-hybridized carbons (Fsp3) is 0.333. The smallest absolute Gasteiger partial charge is 0.381 e. The zero-order valence-corrected chi connectivity index (χ0v) is 10.9. The molecule has 1 aliphatic carbocycles. The van der Waals surface area contributed by atoms with Crippen LogP contribution in [0.5, 0.6) is 0 Å². The molecule has 0 saturated carbocycles. The molecule has 0 radical (unpaired) electrons. The van der Waals surface area contributed by atoms with Gasteiger partial charge in [0.15, 0.2) is 0 Å². The lowest BCUT2D eigenvalue weighted by molar-refractivity contribution is -0.0435. The van der Waals surface area contributed by atoms with Crippen LogP contribution in [-0.2, 0) is 9.84 Å². The number of halogens is 4. The van der Waals surface area contributed by atoms with Crippen molar-refractivity contribution in [2.45, 2.75) is 29.3 Å². The van der Waals surface area contributed by atoms with Crippen LogP contribution < -0.4 is 5.32 Å². The lowest BCUT2D eigenvalue weighted by Crippen LogP contribution is -2.26. The Morgan fingerprint density at radius 2 is 1.75 bits per heavy atom. The van der Waals surface area contributed by atoms with Gasteiger partial charge in [-0.3, -0.25) is 0 Å². The average molecular weight is 309 g/mol. The monoisotopic (exact) mass is 309 g/mol. The fourth-order valence-corrected chi connectivity index (χ4v) is 2.85. The molecule has 0 aromatic heterocycles. The molecule has 0 fully saturated rings. The van der Waals surface area contributed by atoms with Crippen molar-refractivity contribution < 1.29 is 26.0 Å². The number of anilines is 1. The highest BCUT2D eigenvalue weighted by Crippen LogP contribution is 2.35. The predicted molar refractivity (Wildman–Crippen MR) is 65.4 cm³/mol. The first-order valence-corrected chi connectivity index (χ1v) is 7.22. The molecule has 1 aromatic carbocycles. The molecule has 0 bridgehead atoms. The second-order valence-electron chi connectivity index (χ2n) is 4.37. The first kappa shape index (κ1) is 14.8. The maximum Gasteiger partial charge on any atom is 0.501 e. The van der Waals surface area contributed by atoms with Gasteiger partial charge in [0.2, 0.25) is 0 Å². The standard InChI is InChI=1S/C12H11F4NO2S/c13-8-5-6-10(17-9-3-1-2-4-9)11(7-8)20(18,19)12(14,15)16/h1-2,5-7,9,17H,3-4H2. The molecule has 0 heterocycles. The molecule has 110 valence electrons. The molecule has 1 aliphatic rings. The molecule has 0 amide bonds. The fourth-order valence-electron chi connectivity index (χ4n) is 1.92. The molecule has 0 unspecified atom stereocenters. The summed E-state index contributed by atoms with van der Waals surface area (Å²) < 4.78 is 73.8. The summed E-state index contributed by atoms with van der Waals surface area (Å²) in [5, 5.41) is 2.71. The molecule has 0 atom stereocenters. The summed E-state index contributed by atoms with van der Waals surface area (Å²) in [6.45, 7) is 0. The molecule has 0 aliphatic heterocycles. The highest BCUT2D eigenvalue weighted by atomic mass is 32.2. The second kappa shape index (κ2) is 5.08. The summed E-state index contributed by atoms with van der Waals surface area (Å²) in [4.78, 5) is -1.09. The molecule has 1 N–H and O–H groups in total. The Morgan fingerprint density at radius 1 is 1.15 bits per heavy atom. The third-order valence-corrected chi connectivity index (χ3v) is 4.43. The van der Waals surface area contributed by atoms with E-state index < -0.39 is 26.1 Å². The average Bonchev–Trinajstić information content (AvgIpc) is 2.82. The number of hydrogen-bond acceptors (Lipinski definition) is 3. The van der Waals surface area contributed by atoms with E-state index in [0.29, 0.717) is 18.9 Å². The zero-order chi connectivity index (χ0) is 15.0. The summed E-state index contributed by atoms with van der Waals surface area (Å²) >= 11 is 0. The topological polar surface area (TPSA) is 46.2 Å². The van der Waals surface area contributed by atoms with Gasteiger partial charge in [-0.1, -0.05) is 12.2 Å². The van der Waals surface area contributed by atoms with Crippen LogP contribution in [-0.4, -0.2) is 20.0 Å². The van der Waals surface area contributed by atoms with E-state index in [1.165, 1.54) is 0 Å². The van der Waals surface area contributed by atoms with E-state index in [1.807, 2.05) is 12.2 Å². The van der Waals surface area contributed by atoms with E-state index in [0.717, 1.165) is 12.1 Å². The highest BCUT2D eigenvalue weighted by Gasteiger charge is 2.48. The van der Waals surface area contributed by atoms with Crippen molar-refractivity contribution in [1.82, 2.24) is 0 Å². The van der Waals surface area contributed by atoms with Gasteiger partial charge in [-0.05, 0) is 31.0 Å². The summed E-state index contributed by atoms with van der Waals surface area (Å²) in [5.74, 6) is -1.04. The molecule has 3 nitrogen and oxygen atoms in total. The van der Waals surface area contributed by atoms with Crippen LogP contribution in [0.2, 0.25) is 0 Å². The Morgan fingerprint density at radius 3 is 2.30 bits per heavy atom. The summed E-state index contributed by atoms with van der Waals surface area (Å²) in [5.41, 5.74) is -5.71. The number of benzene rings is 1. The second-order valence-corrected chi connectivity index (χ2v) is 6.28. The molecule has 8 heteroatoms. The maximum atomic E-state index is 13.1. The molecule has 20 heavy (non-hydrogen) atoms. The van der Waals surface area contributed by atoms with Gasteiger partial charge in [-0.2, -0.15) is 13.2 Å². The Balaban J connectivity index is 2.43. The van der Waals surface area contributed by atoms with Gasteiger partial charge in [0.1, 0.15) is 10.7 Å². The SMILES string of the molecule is O=S(=O)(c1cc(F)ccc1NC1CC=CC1)C(F)(F)F. The van der Waals surface area contributed by atoms with Crippen LogP contribution in [0.4, 0.5) is 23.2 Å². The van der Waals surface area contributed by atoms with E-state index in [9.17, 15) is 26.0 Å². The Hall–Kier alpha value is -1.57. The van der Waals surface area contributed by atoms with Crippen LogP contribution in [0.15, 0.2) is 35.2 Å². The number of nitrogens with one attached hydrogen (secondary N) is 1. The Kier molecular flexibility index (Phi) is 3.77. The van der Waals surface area contributed by atoms with Crippen LogP contribution in [0.1, 0.15) is 12.8 Å². The van der Waals surface area contributed by atoms with E-state index >= 15 is 0 Å². The van der Waals surface area contributed by atoms with Gasteiger partial charge >= 0.3 is 5.51 Å². The van der Waals surface area contributed by atoms with Gasteiger partial charge < -0.3 is 5.32 Å².